The highest BCUT2D eigenvalue weighted by atomic mass is 35.5. The maximum absolute atomic E-state index is 12.3. The topological polar surface area (TPSA) is 44.9 Å². The van der Waals surface area contributed by atoms with Crippen molar-refractivity contribution in [3.8, 4) is 0 Å². The highest BCUT2D eigenvalue weighted by molar-refractivity contribution is 6.30. The Kier molecular flexibility index (Phi) is 4.04. The lowest BCUT2D eigenvalue weighted by molar-refractivity contribution is 0.0992. The molecule has 106 valence electrons. The van der Waals surface area contributed by atoms with Gasteiger partial charge in [-0.15, -0.1) is 0 Å². The third-order valence-electron chi connectivity index (χ3n) is 3.42. The fourth-order valence-corrected chi connectivity index (χ4v) is 2.45. The number of para-hydroxylation sites is 1. The molecule has 0 aliphatic heterocycles. The van der Waals surface area contributed by atoms with Gasteiger partial charge in [0, 0.05) is 34.2 Å². The second kappa shape index (κ2) is 6.12. The van der Waals surface area contributed by atoms with Gasteiger partial charge in [-0.25, -0.2) is 0 Å². The molecule has 0 amide bonds. The van der Waals surface area contributed by atoms with Gasteiger partial charge in [0.2, 0.25) is 0 Å². The maximum Gasteiger partial charge on any atom is 0.178 e. The van der Waals surface area contributed by atoms with E-state index in [1.165, 1.54) is 0 Å². The quantitative estimate of drug-likeness (QED) is 0.704. The van der Waals surface area contributed by atoms with Gasteiger partial charge in [0.05, 0.1) is 6.54 Å². The molecule has 2 N–H and O–H groups in total. The van der Waals surface area contributed by atoms with E-state index in [0.29, 0.717) is 18.1 Å². The summed E-state index contributed by atoms with van der Waals surface area (Å²) in [6, 6.07) is 15.4. The van der Waals surface area contributed by atoms with Gasteiger partial charge in [0.15, 0.2) is 5.78 Å². The largest absolute Gasteiger partial charge is 0.360 e. The van der Waals surface area contributed by atoms with Crippen LogP contribution in [-0.4, -0.2) is 17.3 Å². The van der Waals surface area contributed by atoms with Crippen molar-refractivity contribution in [2.45, 2.75) is 6.54 Å². The van der Waals surface area contributed by atoms with E-state index in [2.05, 4.69) is 10.3 Å². The van der Waals surface area contributed by atoms with Gasteiger partial charge in [-0.2, -0.15) is 0 Å². The number of benzene rings is 2. The molecule has 0 saturated heterocycles. The minimum Gasteiger partial charge on any atom is -0.360 e. The Hall–Kier alpha value is -2.10. The van der Waals surface area contributed by atoms with E-state index in [1.807, 2.05) is 48.5 Å². The average molecular weight is 299 g/mol. The molecule has 0 fully saturated rings. The van der Waals surface area contributed by atoms with Gasteiger partial charge >= 0.3 is 0 Å². The van der Waals surface area contributed by atoms with Crippen LogP contribution in [0.25, 0.3) is 10.9 Å². The summed E-state index contributed by atoms with van der Waals surface area (Å²) in [6.45, 7) is 0.954. The minimum absolute atomic E-state index is 0.0846. The molecule has 1 heterocycles. The molecule has 0 aliphatic rings. The van der Waals surface area contributed by atoms with Crippen LogP contribution in [0, 0.1) is 0 Å². The third kappa shape index (κ3) is 3.15. The van der Waals surface area contributed by atoms with Gasteiger partial charge in [-0.3, -0.25) is 4.79 Å². The highest BCUT2D eigenvalue weighted by Crippen LogP contribution is 2.17. The predicted molar refractivity (Wildman–Crippen MR) is 85.8 cm³/mol. The van der Waals surface area contributed by atoms with Crippen molar-refractivity contribution >= 4 is 28.3 Å². The lowest BCUT2D eigenvalue weighted by Crippen LogP contribution is -2.22. The van der Waals surface area contributed by atoms with Crippen molar-refractivity contribution in [2.24, 2.45) is 0 Å². The third-order valence-corrected chi connectivity index (χ3v) is 3.67. The van der Waals surface area contributed by atoms with Crippen molar-refractivity contribution < 1.29 is 4.79 Å². The fraction of sp³-hybridized carbons (Fsp3) is 0.118. The number of Topliss-reactive ketones (excluding diaryl/α,β-unsaturated/α-hetero) is 1. The molecule has 0 bridgehead atoms. The standard InChI is InChI=1S/C17H15ClN2O/c18-13-7-5-12(6-8-13)9-19-11-17(21)15-10-20-16-4-2-1-3-14(15)16/h1-8,10,19-20H,9,11H2. The zero-order valence-electron chi connectivity index (χ0n) is 11.4. The van der Waals surface area contributed by atoms with E-state index < -0.39 is 0 Å². The lowest BCUT2D eigenvalue weighted by Gasteiger charge is -2.04. The summed E-state index contributed by atoms with van der Waals surface area (Å²) in [5, 5.41) is 4.85. The number of nitrogens with one attached hydrogen (secondary N) is 2. The zero-order chi connectivity index (χ0) is 14.7. The summed E-state index contributed by atoms with van der Waals surface area (Å²) in [6.07, 6.45) is 1.77. The number of carbonyl (C=O) groups is 1. The average Bonchev–Trinajstić information content (AvgIpc) is 2.93. The summed E-state index contributed by atoms with van der Waals surface area (Å²) in [5.74, 6) is 0.0846. The molecule has 21 heavy (non-hydrogen) atoms. The van der Waals surface area contributed by atoms with Crippen LogP contribution in [-0.2, 0) is 6.54 Å². The summed E-state index contributed by atoms with van der Waals surface area (Å²) >= 11 is 5.84. The first-order valence-corrected chi connectivity index (χ1v) is 7.16. The molecule has 0 radical (unpaired) electrons. The molecular weight excluding hydrogens is 284 g/mol. The first-order valence-electron chi connectivity index (χ1n) is 6.78. The zero-order valence-corrected chi connectivity index (χ0v) is 12.2. The molecule has 3 nitrogen and oxygen atoms in total. The van der Waals surface area contributed by atoms with Crippen molar-refractivity contribution in [1.82, 2.24) is 10.3 Å². The van der Waals surface area contributed by atoms with Gasteiger partial charge in [-0.05, 0) is 23.8 Å². The first kappa shape index (κ1) is 13.9. The molecular formula is C17H15ClN2O. The predicted octanol–water partition coefficient (Wildman–Crippen LogP) is 3.79. The second-order valence-electron chi connectivity index (χ2n) is 4.90. The molecule has 0 aliphatic carbocycles. The molecule has 2 aromatic carbocycles. The summed E-state index contributed by atoms with van der Waals surface area (Å²) < 4.78 is 0. The molecule has 0 unspecified atom stereocenters. The van der Waals surface area contributed by atoms with Crippen molar-refractivity contribution in [1.29, 1.82) is 0 Å². The summed E-state index contributed by atoms with van der Waals surface area (Å²) in [7, 11) is 0. The molecule has 1 aromatic heterocycles. The Morgan fingerprint density at radius 2 is 1.86 bits per heavy atom. The Balaban J connectivity index is 1.63. The van der Waals surface area contributed by atoms with Crippen LogP contribution in [0.3, 0.4) is 0 Å². The van der Waals surface area contributed by atoms with Crippen LogP contribution in [0.2, 0.25) is 5.02 Å². The summed E-state index contributed by atoms with van der Waals surface area (Å²) in [4.78, 5) is 15.4. The Morgan fingerprint density at radius 3 is 2.67 bits per heavy atom. The molecule has 3 aromatic rings. The number of H-pyrrole nitrogens is 1. The number of fused-ring (bicyclic) bond motifs is 1. The van der Waals surface area contributed by atoms with Crippen LogP contribution in [0.15, 0.2) is 54.7 Å². The van der Waals surface area contributed by atoms with E-state index in [9.17, 15) is 4.79 Å². The lowest BCUT2D eigenvalue weighted by atomic mass is 10.1. The first-order chi connectivity index (χ1) is 10.2. The maximum atomic E-state index is 12.3. The Bertz CT molecular complexity index is 762. The van der Waals surface area contributed by atoms with Gasteiger partial charge in [0.1, 0.15) is 0 Å². The number of ketones is 1. The van der Waals surface area contributed by atoms with Crippen LogP contribution < -0.4 is 5.32 Å². The van der Waals surface area contributed by atoms with Gasteiger partial charge < -0.3 is 10.3 Å². The van der Waals surface area contributed by atoms with Crippen LogP contribution >= 0.6 is 11.6 Å². The number of carbonyl (C=O) groups excluding carboxylic acids is 1. The van der Waals surface area contributed by atoms with E-state index in [-0.39, 0.29) is 5.78 Å². The number of aromatic nitrogens is 1. The van der Waals surface area contributed by atoms with Crippen molar-refractivity contribution in [3.05, 3.63) is 70.9 Å². The smallest absolute Gasteiger partial charge is 0.178 e. The summed E-state index contributed by atoms with van der Waals surface area (Å²) in [5.41, 5.74) is 2.82. The SMILES string of the molecule is O=C(CNCc1ccc(Cl)cc1)c1c[nH]c2ccccc12. The van der Waals surface area contributed by atoms with Crippen LogP contribution in [0.1, 0.15) is 15.9 Å². The highest BCUT2D eigenvalue weighted by Gasteiger charge is 2.10. The van der Waals surface area contributed by atoms with E-state index in [0.717, 1.165) is 22.0 Å². The van der Waals surface area contributed by atoms with Crippen LogP contribution in [0.4, 0.5) is 0 Å². The number of rotatable bonds is 5. The molecule has 3 rings (SSSR count). The molecule has 0 spiro atoms. The number of hydrogen-bond donors (Lipinski definition) is 2. The van der Waals surface area contributed by atoms with E-state index in [1.54, 1.807) is 6.20 Å². The molecule has 0 atom stereocenters. The second-order valence-corrected chi connectivity index (χ2v) is 5.34. The normalized spacial score (nSPS) is 10.9. The number of aromatic amines is 1. The van der Waals surface area contributed by atoms with Gasteiger partial charge in [0.25, 0.3) is 0 Å². The Morgan fingerprint density at radius 1 is 1.10 bits per heavy atom. The van der Waals surface area contributed by atoms with Crippen molar-refractivity contribution in [3.63, 3.8) is 0 Å². The minimum atomic E-state index is 0.0846. The van der Waals surface area contributed by atoms with Crippen molar-refractivity contribution in [2.75, 3.05) is 6.54 Å². The van der Waals surface area contributed by atoms with E-state index >= 15 is 0 Å². The molecule has 4 heteroatoms. The fourth-order valence-electron chi connectivity index (χ4n) is 2.32. The van der Waals surface area contributed by atoms with Gasteiger partial charge in [-0.1, -0.05) is 41.9 Å². The number of hydrogen-bond acceptors (Lipinski definition) is 2. The number of halogens is 1. The Labute approximate surface area is 127 Å². The monoisotopic (exact) mass is 298 g/mol. The van der Waals surface area contributed by atoms with E-state index in [4.69, 9.17) is 11.6 Å². The molecule has 0 saturated carbocycles. The van der Waals surface area contributed by atoms with Crippen LogP contribution in [0.5, 0.6) is 0 Å².